The highest BCUT2D eigenvalue weighted by atomic mass is 16.4. The first-order chi connectivity index (χ1) is 9.69. The minimum Gasteiger partial charge on any atom is -0.481 e. The van der Waals surface area contributed by atoms with E-state index >= 15 is 0 Å². The minimum atomic E-state index is -0.801. The van der Waals surface area contributed by atoms with E-state index in [4.69, 9.17) is 5.11 Å². The topological polar surface area (TPSA) is 69.6 Å². The van der Waals surface area contributed by atoms with Gasteiger partial charge in [0.2, 0.25) is 0 Å². The standard InChI is InChI=1S/C16H30N2O3/c1-12-9-13(14(19)20)11-18(10-12)15(21)17-8-6-5-7-16(2,3)4/h12-13H,5-11H2,1-4H3,(H,17,21)(H,19,20). The highest BCUT2D eigenvalue weighted by Gasteiger charge is 2.31. The number of piperidine rings is 1. The molecule has 5 nitrogen and oxygen atoms in total. The molecule has 0 saturated carbocycles. The zero-order valence-corrected chi connectivity index (χ0v) is 13.8. The molecule has 0 radical (unpaired) electrons. The van der Waals surface area contributed by atoms with Gasteiger partial charge in [0.25, 0.3) is 0 Å². The Morgan fingerprint density at radius 2 is 1.90 bits per heavy atom. The zero-order valence-electron chi connectivity index (χ0n) is 13.8. The van der Waals surface area contributed by atoms with Gasteiger partial charge in [-0.3, -0.25) is 4.79 Å². The molecule has 2 amide bonds. The monoisotopic (exact) mass is 298 g/mol. The zero-order chi connectivity index (χ0) is 16.0. The van der Waals surface area contributed by atoms with Crippen LogP contribution in [0, 0.1) is 17.3 Å². The van der Waals surface area contributed by atoms with Gasteiger partial charge in [0, 0.05) is 19.6 Å². The molecule has 0 aliphatic carbocycles. The fraction of sp³-hybridized carbons (Fsp3) is 0.875. The third kappa shape index (κ3) is 6.82. The van der Waals surface area contributed by atoms with Crippen molar-refractivity contribution in [1.29, 1.82) is 0 Å². The summed E-state index contributed by atoms with van der Waals surface area (Å²) in [6.07, 6.45) is 3.86. The van der Waals surface area contributed by atoms with Gasteiger partial charge in [0.05, 0.1) is 5.92 Å². The van der Waals surface area contributed by atoms with Crippen LogP contribution < -0.4 is 5.32 Å². The van der Waals surface area contributed by atoms with Crippen LogP contribution >= 0.6 is 0 Å². The van der Waals surface area contributed by atoms with Crippen LogP contribution in [-0.4, -0.2) is 41.6 Å². The molecule has 1 heterocycles. The number of likely N-dealkylation sites (tertiary alicyclic amines) is 1. The molecule has 1 fully saturated rings. The first kappa shape index (κ1) is 17.8. The number of rotatable bonds is 5. The van der Waals surface area contributed by atoms with Crippen molar-refractivity contribution in [3.8, 4) is 0 Å². The van der Waals surface area contributed by atoms with Gasteiger partial charge in [-0.1, -0.05) is 34.1 Å². The lowest BCUT2D eigenvalue weighted by Crippen LogP contribution is -2.49. The second-order valence-corrected chi connectivity index (χ2v) is 7.53. The lowest BCUT2D eigenvalue weighted by Gasteiger charge is -2.34. The van der Waals surface area contributed by atoms with Gasteiger partial charge in [-0.2, -0.15) is 0 Å². The predicted octanol–water partition coefficient (Wildman–Crippen LogP) is 2.96. The molecule has 1 aliphatic heterocycles. The number of carboxylic acid groups (broad SMARTS) is 1. The van der Waals surface area contributed by atoms with E-state index in [2.05, 4.69) is 26.1 Å². The number of hydrogen-bond donors (Lipinski definition) is 2. The van der Waals surface area contributed by atoms with Crippen molar-refractivity contribution >= 4 is 12.0 Å². The third-order valence-corrected chi connectivity index (χ3v) is 3.93. The average Bonchev–Trinajstić information content (AvgIpc) is 2.35. The molecule has 0 aromatic rings. The number of hydrogen-bond acceptors (Lipinski definition) is 2. The Morgan fingerprint density at radius 3 is 2.48 bits per heavy atom. The van der Waals surface area contributed by atoms with Crippen molar-refractivity contribution in [1.82, 2.24) is 10.2 Å². The van der Waals surface area contributed by atoms with Gasteiger partial charge in [-0.05, 0) is 30.6 Å². The van der Waals surface area contributed by atoms with Crippen molar-refractivity contribution in [3.63, 3.8) is 0 Å². The normalized spacial score (nSPS) is 23.0. The molecule has 1 rings (SSSR count). The molecule has 0 aromatic carbocycles. The summed E-state index contributed by atoms with van der Waals surface area (Å²) in [6, 6.07) is -0.122. The maximum absolute atomic E-state index is 12.1. The van der Waals surface area contributed by atoms with Gasteiger partial charge in [-0.25, -0.2) is 4.79 Å². The van der Waals surface area contributed by atoms with Crippen molar-refractivity contribution in [2.75, 3.05) is 19.6 Å². The molecule has 1 aliphatic rings. The van der Waals surface area contributed by atoms with Gasteiger partial charge < -0.3 is 15.3 Å². The summed E-state index contributed by atoms with van der Waals surface area (Å²) >= 11 is 0. The Kier molecular flexibility index (Phi) is 6.49. The lowest BCUT2D eigenvalue weighted by atomic mass is 9.90. The third-order valence-electron chi connectivity index (χ3n) is 3.93. The fourth-order valence-electron chi connectivity index (χ4n) is 2.78. The Morgan fingerprint density at radius 1 is 1.24 bits per heavy atom. The molecule has 0 spiro atoms. The maximum atomic E-state index is 12.1. The van der Waals surface area contributed by atoms with Crippen LogP contribution in [0.1, 0.15) is 53.4 Å². The number of carboxylic acids is 1. The first-order valence-corrected chi connectivity index (χ1v) is 7.94. The molecule has 1 saturated heterocycles. The molecular weight excluding hydrogens is 268 g/mol. The van der Waals surface area contributed by atoms with E-state index in [1.807, 2.05) is 6.92 Å². The van der Waals surface area contributed by atoms with E-state index in [9.17, 15) is 9.59 Å². The van der Waals surface area contributed by atoms with Crippen LogP contribution in [0.2, 0.25) is 0 Å². The number of nitrogens with one attached hydrogen (secondary N) is 1. The molecule has 0 bridgehead atoms. The summed E-state index contributed by atoms with van der Waals surface area (Å²) in [5, 5.41) is 12.0. The van der Waals surface area contributed by atoms with E-state index in [0.29, 0.717) is 31.5 Å². The van der Waals surface area contributed by atoms with E-state index in [1.54, 1.807) is 4.90 Å². The van der Waals surface area contributed by atoms with Gasteiger partial charge in [0.1, 0.15) is 0 Å². The van der Waals surface area contributed by atoms with Crippen LogP contribution in [0.5, 0.6) is 0 Å². The average molecular weight is 298 g/mol. The van der Waals surface area contributed by atoms with E-state index < -0.39 is 11.9 Å². The Labute approximate surface area is 128 Å². The first-order valence-electron chi connectivity index (χ1n) is 7.94. The van der Waals surface area contributed by atoms with Crippen molar-refractivity contribution in [2.24, 2.45) is 17.3 Å². The van der Waals surface area contributed by atoms with Gasteiger partial charge in [0.15, 0.2) is 0 Å². The van der Waals surface area contributed by atoms with Crippen LogP contribution in [0.3, 0.4) is 0 Å². The molecule has 2 atom stereocenters. The number of amides is 2. The largest absolute Gasteiger partial charge is 0.481 e. The lowest BCUT2D eigenvalue weighted by molar-refractivity contribution is -0.143. The Balaban J connectivity index is 2.29. The van der Waals surface area contributed by atoms with Crippen LogP contribution in [0.25, 0.3) is 0 Å². The van der Waals surface area contributed by atoms with Gasteiger partial charge in [-0.15, -0.1) is 0 Å². The molecule has 21 heavy (non-hydrogen) atoms. The molecule has 2 unspecified atom stereocenters. The maximum Gasteiger partial charge on any atom is 0.317 e. The highest BCUT2D eigenvalue weighted by molar-refractivity contribution is 5.76. The Hall–Kier alpha value is -1.26. The predicted molar refractivity (Wildman–Crippen MR) is 83.2 cm³/mol. The molecular formula is C16H30N2O3. The van der Waals surface area contributed by atoms with Crippen molar-refractivity contribution in [3.05, 3.63) is 0 Å². The van der Waals surface area contributed by atoms with Crippen molar-refractivity contribution < 1.29 is 14.7 Å². The second kappa shape index (κ2) is 7.66. The SMILES string of the molecule is CC1CC(C(=O)O)CN(C(=O)NCCCCC(C)(C)C)C1. The molecule has 0 aromatic heterocycles. The summed E-state index contributed by atoms with van der Waals surface area (Å²) in [5.74, 6) is -0.989. The van der Waals surface area contributed by atoms with Gasteiger partial charge >= 0.3 is 12.0 Å². The smallest absolute Gasteiger partial charge is 0.317 e. The Bertz CT molecular complexity index is 363. The fourth-order valence-corrected chi connectivity index (χ4v) is 2.78. The second-order valence-electron chi connectivity index (χ2n) is 7.53. The molecule has 5 heteroatoms. The number of urea groups is 1. The van der Waals surface area contributed by atoms with E-state index in [0.717, 1.165) is 19.3 Å². The van der Waals surface area contributed by atoms with Crippen LogP contribution in [0.4, 0.5) is 4.79 Å². The summed E-state index contributed by atoms with van der Waals surface area (Å²) in [6.45, 7) is 10.3. The van der Waals surface area contributed by atoms with E-state index in [1.165, 1.54) is 0 Å². The quantitative estimate of drug-likeness (QED) is 0.767. The highest BCUT2D eigenvalue weighted by Crippen LogP contribution is 2.22. The molecule has 2 N–H and O–H groups in total. The summed E-state index contributed by atoms with van der Waals surface area (Å²) in [4.78, 5) is 24.8. The van der Waals surface area contributed by atoms with Crippen LogP contribution in [0.15, 0.2) is 0 Å². The summed E-state index contributed by atoms with van der Waals surface area (Å²) < 4.78 is 0. The number of carbonyl (C=O) groups is 2. The van der Waals surface area contributed by atoms with E-state index in [-0.39, 0.29) is 11.9 Å². The number of carbonyl (C=O) groups excluding carboxylic acids is 1. The number of nitrogens with zero attached hydrogens (tertiary/aromatic N) is 1. The number of unbranched alkanes of at least 4 members (excludes halogenated alkanes) is 1. The minimum absolute atomic E-state index is 0.122. The summed E-state index contributed by atoms with van der Waals surface area (Å²) in [5.41, 5.74) is 0.334. The summed E-state index contributed by atoms with van der Waals surface area (Å²) in [7, 11) is 0. The molecule has 122 valence electrons. The van der Waals surface area contributed by atoms with Crippen molar-refractivity contribution in [2.45, 2.75) is 53.4 Å². The number of aliphatic carboxylic acids is 1. The van der Waals surface area contributed by atoms with Crippen LogP contribution in [-0.2, 0) is 4.79 Å².